The summed E-state index contributed by atoms with van der Waals surface area (Å²) in [7, 11) is 0. The van der Waals surface area contributed by atoms with E-state index in [0.717, 1.165) is 13.1 Å². The SMILES string of the molecule is Cc1ccccc1.O=C1CCNCCO1. The Morgan fingerprint density at radius 3 is 2.53 bits per heavy atom. The fourth-order valence-corrected chi connectivity index (χ4v) is 1.16. The van der Waals surface area contributed by atoms with Crippen LogP contribution in [0.25, 0.3) is 0 Å². The summed E-state index contributed by atoms with van der Waals surface area (Å²) in [6.07, 6.45) is 0.514. The van der Waals surface area contributed by atoms with E-state index in [-0.39, 0.29) is 5.97 Å². The average molecular weight is 207 g/mol. The highest BCUT2D eigenvalue weighted by molar-refractivity contribution is 5.69. The molecule has 1 aromatic rings. The molecule has 3 heteroatoms. The summed E-state index contributed by atoms with van der Waals surface area (Å²) < 4.78 is 4.70. The highest BCUT2D eigenvalue weighted by Gasteiger charge is 2.04. The van der Waals surface area contributed by atoms with Crippen molar-refractivity contribution in [2.24, 2.45) is 0 Å². The molecule has 1 aliphatic rings. The van der Waals surface area contributed by atoms with E-state index < -0.39 is 0 Å². The van der Waals surface area contributed by atoms with Crippen LogP contribution in [0, 0.1) is 6.92 Å². The Labute approximate surface area is 90.4 Å². The van der Waals surface area contributed by atoms with Gasteiger partial charge in [0.25, 0.3) is 0 Å². The number of carbonyl (C=O) groups is 1. The van der Waals surface area contributed by atoms with Gasteiger partial charge in [0.1, 0.15) is 6.61 Å². The number of rotatable bonds is 0. The molecule has 0 atom stereocenters. The molecule has 15 heavy (non-hydrogen) atoms. The monoisotopic (exact) mass is 207 g/mol. The average Bonchev–Trinajstić information content (AvgIpc) is 2.48. The predicted molar refractivity (Wildman–Crippen MR) is 59.6 cm³/mol. The van der Waals surface area contributed by atoms with Crippen LogP contribution in [-0.4, -0.2) is 25.7 Å². The normalized spacial score (nSPS) is 15.7. The van der Waals surface area contributed by atoms with Crippen molar-refractivity contribution in [2.75, 3.05) is 19.7 Å². The maximum absolute atomic E-state index is 10.4. The third-order valence-corrected chi connectivity index (χ3v) is 1.99. The van der Waals surface area contributed by atoms with Gasteiger partial charge >= 0.3 is 5.97 Å². The Morgan fingerprint density at radius 1 is 1.20 bits per heavy atom. The summed E-state index contributed by atoms with van der Waals surface area (Å²) in [6.45, 7) is 4.17. The zero-order valence-corrected chi connectivity index (χ0v) is 9.03. The van der Waals surface area contributed by atoms with E-state index in [1.807, 2.05) is 18.2 Å². The van der Waals surface area contributed by atoms with Crippen LogP contribution in [0.3, 0.4) is 0 Å². The fourth-order valence-electron chi connectivity index (χ4n) is 1.16. The van der Waals surface area contributed by atoms with E-state index in [4.69, 9.17) is 4.74 Å². The Hall–Kier alpha value is -1.35. The van der Waals surface area contributed by atoms with Gasteiger partial charge in [-0.2, -0.15) is 0 Å². The summed E-state index contributed by atoms with van der Waals surface area (Å²) in [4.78, 5) is 10.4. The van der Waals surface area contributed by atoms with Gasteiger partial charge in [-0.15, -0.1) is 0 Å². The summed E-state index contributed by atoms with van der Waals surface area (Å²) in [5, 5.41) is 3.03. The van der Waals surface area contributed by atoms with Gasteiger partial charge in [0.2, 0.25) is 0 Å². The topological polar surface area (TPSA) is 38.3 Å². The highest BCUT2D eigenvalue weighted by atomic mass is 16.5. The van der Waals surface area contributed by atoms with Gasteiger partial charge in [0.15, 0.2) is 0 Å². The van der Waals surface area contributed by atoms with Crippen LogP contribution >= 0.6 is 0 Å². The predicted octanol–water partition coefficient (Wildman–Crippen LogP) is 1.52. The standard InChI is InChI=1S/C7H8.C5H9NO2/c1-7-5-3-2-4-6-7;7-5-1-2-6-3-4-8-5/h2-6H,1H3;6H,1-4H2. The van der Waals surface area contributed by atoms with E-state index in [9.17, 15) is 4.79 Å². The van der Waals surface area contributed by atoms with Gasteiger partial charge in [0, 0.05) is 13.1 Å². The van der Waals surface area contributed by atoms with Crippen LogP contribution in [0.15, 0.2) is 30.3 Å². The van der Waals surface area contributed by atoms with Gasteiger partial charge in [-0.05, 0) is 6.92 Å². The van der Waals surface area contributed by atoms with Gasteiger partial charge in [-0.25, -0.2) is 0 Å². The minimum absolute atomic E-state index is 0.0880. The molecular formula is C12H17NO2. The van der Waals surface area contributed by atoms with Crippen molar-refractivity contribution < 1.29 is 9.53 Å². The third kappa shape index (κ3) is 5.86. The molecule has 1 N–H and O–H groups in total. The molecule has 0 radical (unpaired) electrons. The largest absolute Gasteiger partial charge is 0.464 e. The molecule has 1 heterocycles. The second-order valence-corrected chi connectivity index (χ2v) is 3.38. The van der Waals surface area contributed by atoms with Crippen molar-refractivity contribution in [2.45, 2.75) is 13.3 Å². The quantitative estimate of drug-likeness (QED) is 0.655. The first-order chi connectivity index (χ1) is 7.29. The highest BCUT2D eigenvalue weighted by Crippen LogP contribution is 1.92. The summed E-state index contributed by atoms with van der Waals surface area (Å²) in [6, 6.07) is 10.3. The molecule has 0 amide bonds. The maximum atomic E-state index is 10.4. The summed E-state index contributed by atoms with van der Waals surface area (Å²) in [5.74, 6) is -0.0880. The summed E-state index contributed by atoms with van der Waals surface area (Å²) in [5.41, 5.74) is 1.32. The molecule has 0 saturated carbocycles. The Bertz CT molecular complexity index is 275. The first kappa shape index (κ1) is 11.7. The van der Waals surface area contributed by atoms with Crippen LogP contribution in [0.4, 0.5) is 0 Å². The Kier molecular flexibility index (Phi) is 5.48. The van der Waals surface area contributed by atoms with Gasteiger partial charge in [-0.1, -0.05) is 35.9 Å². The minimum Gasteiger partial charge on any atom is -0.464 e. The minimum atomic E-state index is -0.0880. The molecular weight excluding hydrogens is 190 g/mol. The first-order valence-electron chi connectivity index (χ1n) is 5.17. The van der Waals surface area contributed by atoms with E-state index in [2.05, 4.69) is 24.4 Å². The van der Waals surface area contributed by atoms with E-state index in [1.54, 1.807) is 0 Å². The molecule has 0 spiro atoms. The van der Waals surface area contributed by atoms with E-state index in [0.29, 0.717) is 13.0 Å². The van der Waals surface area contributed by atoms with Crippen LogP contribution in [0.2, 0.25) is 0 Å². The molecule has 0 unspecified atom stereocenters. The molecule has 1 fully saturated rings. The summed E-state index contributed by atoms with van der Waals surface area (Å²) >= 11 is 0. The number of esters is 1. The second-order valence-electron chi connectivity index (χ2n) is 3.38. The van der Waals surface area contributed by atoms with Gasteiger partial charge in [-0.3, -0.25) is 4.79 Å². The molecule has 1 saturated heterocycles. The lowest BCUT2D eigenvalue weighted by atomic mass is 10.2. The molecule has 1 aromatic carbocycles. The van der Waals surface area contributed by atoms with Crippen molar-refractivity contribution in [1.29, 1.82) is 0 Å². The van der Waals surface area contributed by atoms with Crippen LogP contribution in [-0.2, 0) is 9.53 Å². The molecule has 3 nitrogen and oxygen atoms in total. The zero-order valence-electron chi connectivity index (χ0n) is 9.03. The van der Waals surface area contributed by atoms with Crippen LogP contribution < -0.4 is 5.32 Å². The molecule has 0 bridgehead atoms. The van der Waals surface area contributed by atoms with Crippen LogP contribution in [0.5, 0.6) is 0 Å². The zero-order chi connectivity index (χ0) is 10.9. The number of hydrogen-bond donors (Lipinski definition) is 1. The molecule has 0 aliphatic carbocycles. The number of ether oxygens (including phenoxy) is 1. The van der Waals surface area contributed by atoms with Crippen molar-refractivity contribution in [3.8, 4) is 0 Å². The van der Waals surface area contributed by atoms with Crippen molar-refractivity contribution in [3.63, 3.8) is 0 Å². The number of cyclic esters (lactones) is 1. The number of carbonyl (C=O) groups excluding carboxylic acids is 1. The van der Waals surface area contributed by atoms with E-state index in [1.165, 1.54) is 5.56 Å². The third-order valence-electron chi connectivity index (χ3n) is 1.99. The lowest BCUT2D eigenvalue weighted by Crippen LogP contribution is -2.16. The van der Waals surface area contributed by atoms with Gasteiger partial charge in [0.05, 0.1) is 6.42 Å². The lowest BCUT2D eigenvalue weighted by Gasteiger charge is -1.93. The first-order valence-corrected chi connectivity index (χ1v) is 5.17. The Morgan fingerprint density at radius 2 is 1.93 bits per heavy atom. The molecule has 82 valence electrons. The second kappa shape index (κ2) is 7.01. The Balaban J connectivity index is 0.000000151. The van der Waals surface area contributed by atoms with Crippen molar-refractivity contribution in [3.05, 3.63) is 35.9 Å². The maximum Gasteiger partial charge on any atom is 0.307 e. The fraction of sp³-hybridized carbons (Fsp3) is 0.417. The van der Waals surface area contributed by atoms with Gasteiger partial charge < -0.3 is 10.1 Å². The van der Waals surface area contributed by atoms with Crippen molar-refractivity contribution in [1.82, 2.24) is 5.32 Å². The number of hydrogen-bond acceptors (Lipinski definition) is 3. The molecule has 0 aromatic heterocycles. The number of benzene rings is 1. The van der Waals surface area contributed by atoms with E-state index >= 15 is 0 Å². The van der Waals surface area contributed by atoms with Crippen molar-refractivity contribution >= 4 is 5.97 Å². The van der Waals surface area contributed by atoms with Crippen LogP contribution in [0.1, 0.15) is 12.0 Å². The molecule has 1 aliphatic heterocycles. The number of nitrogens with one attached hydrogen (secondary N) is 1. The number of aryl methyl sites for hydroxylation is 1. The lowest BCUT2D eigenvalue weighted by molar-refractivity contribution is -0.142. The smallest absolute Gasteiger partial charge is 0.307 e. The molecule has 2 rings (SSSR count).